The van der Waals surface area contributed by atoms with Gasteiger partial charge in [0.05, 0.1) is 23.9 Å². The molecule has 0 amide bonds. The van der Waals surface area contributed by atoms with Crippen molar-refractivity contribution in [2.45, 2.75) is 19.9 Å². The number of aromatic nitrogens is 1. The van der Waals surface area contributed by atoms with Crippen molar-refractivity contribution in [3.05, 3.63) is 58.4 Å². The van der Waals surface area contributed by atoms with Crippen molar-refractivity contribution in [1.82, 2.24) is 10.3 Å². The summed E-state index contributed by atoms with van der Waals surface area (Å²) in [5.41, 5.74) is 3.21. The molecular formula is C16H19ClN2O. The molecule has 20 heavy (non-hydrogen) atoms. The zero-order valence-corrected chi connectivity index (χ0v) is 12.7. The van der Waals surface area contributed by atoms with Gasteiger partial charge in [0, 0.05) is 11.8 Å². The van der Waals surface area contributed by atoms with Gasteiger partial charge in [-0.2, -0.15) is 0 Å². The average molecular weight is 291 g/mol. The molecule has 1 atom stereocenters. The molecule has 1 unspecified atom stereocenters. The van der Waals surface area contributed by atoms with E-state index in [4.69, 9.17) is 16.3 Å². The van der Waals surface area contributed by atoms with Crippen molar-refractivity contribution >= 4 is 11.6 Å². The predicted molar refractivity (Wildman–Crippen MR) is 82.5 cm³/mol. The number of hydrogen-bond donors (Lipinski definition) is 1. The molecule has 0 aliphatic rings. The fourth-order valence-electron chi connectivity index (χ4n) is 2.22. The van der Waals surface area contributed by atoms with Gasteiger partial charge in [-0.15, -0.1) is 0 Å². The lowest BCUT2D eigenvalue weighted by molar-refractivity contribution is 0.403. The number of halogens is 1. The number of ether oxygens (including phenoxy) is 1. The Morgan fingerprint density at radius 2 is 2.10 bits per heavy atom. The van der Waals surface area contributed by atoms with Crippen LogP contribution in [0.3, 0.4) is 0 Å². The summed E-state index contributed by atoms with van der Waals surface area (Å²) < 4.78 is 5.48. The molecule has 1 heterocycles. The van der Waals surface area contributed by atoms with Crippen molar-refractivity contribution in [2.24, 2.45) is 0 Å². The van der Waals surface area contributed by atoms with Crippen molar-refractivity contribution < 1.29 is 4.74 Å². The topological polar surface area (TPSA) is 34.2 Å². The van der Waals surface area contributed by atoms with E-state index in [1.54, 1.807) is 13.3 Å². The largest absolute Gasteiger partial charge is 0.496 e. The highest BCUT2D eigenvalue weighted by molar-refractivity contribution is 6.30. The van der Waals surface area contributed by atoms with Gasteiger partial charge in [-0.3, -0.25) is 4.98 Å². The number of rotatable bonds is 5. The van der Waals surface area contributed by atoms with Crippen LogP contribution in [-0.4, -0.2) is 18.6 Å². The van der Waals surface area contributed by atoms with E-state index in [1.807, 2.05) is 24.3 Å². The fourth-order valence-corrected chi connectivity index (χ4v) is 2.33. The number of benzene rings is 1. The highest BCUT2D eigenvalue weighted by Gasteiger charge is 2.18. The molecule has 0 saturated carbocycles. The van der Waals surface area contributed by atoms with Crippen LogP contribution >= 0.6 is 11.6 Å². The summed E-state index contributed by atoms with van der Waals surface area (Å²) in [5.74, 6) is 0.860. The Morgan fingerprint density at radius 3 is 2.70 bits per heavy atom. The molecule has 2 rings (SSSR count). The van der Waals surface area contributed by atoms with Crippen molar-refractivity contribution in [2.75, 3.05) is 13.7 Å². The van der Waals surface area contributed by atoms with E-state index in [0.29, 0.717) is 5.02 Å². The predicted octanol–water partition coefficient (Wildman–Crippen LogP) is 3.75. The monoisotopic (exact) mass is 290 g/mol. The summed E-state index contributed by atoms with van der Waals surface area (Å²) in [6, 6.07) is 9.95. The molecule has 106 valence electrons. The summed E-state index contributed by atoms with van der Waals surface area (Å²) in [7, 11) is 1.69. The van der Waals surface area contributed by atoms with Crippen molar-refractivity contribution in [1.29, 1.82) is 0 Å². The van der Waals surface area contributed by atoms with Crippen LogP contribution in [0.15, 0.2) is 36.5 Å². The first kappa shape index (κ1) is 14.8. The van der Waals surface area contributed by atoms with E-state index in [1.165, 1.54) is 5.56 Å². The maximum atomic E-state index is 5.92. The van der Waals surface area contributed by atoms with Gasteiger partial charge in [-0.05, 0) is 31.7 Å². The van der Waals surface area contributed by atoms with Gasteiger partial charge in [0.1, 0.15) is 5.75 Å². The van der Waals surface area contributed by atoms with Crippen LogP contribution in [0.2, 0.25) is 5.02 Å². The van der Waals surface area contributed by atoms with Crippen LogP contribution in [0, 0.1) is 6.92 Å². The van der Waals surface area contributed by atoms with Gasteiger partial charge in [-0.25, -0.2) is 0 Å². The Morgan fingerprint density at radius 1 is 1.30 bits per heavy atom. The molecule has 0 spiro atoms. The molecule has 1 aromatic carbocycles. The second-order valence-corrected chi connectivity index (χ2v) is 5.07. The van der Waals surface area contributed by atoms with Gasteiger partial charge in [-0.1, -0.05) is 36.2 Å². The van der Waals surface area contributed by atoms with Gasteiger partial charge in [0.25, 0.3) is 0 Å². The first-order valence-electron chi connectivity index (χ1n) is 6.65. The molecule has 0 fully saturated rings. The molecule has 1 aromatic heterocycles. The number of nitrogens with zero attached hydrogens (tertiary/aromatic N) is 1. The standard InChI is InChI=1S/C16H19ClN2O/c1-4-18-16(14-7-6-12(17)10-19-14)13-9-11(2)5-8-15(13)20-3/h5-10,16,18H,4H2,1-3H3. The lowest BCUT2D eigenvalue weighted by Crippen LogP contribution is -2.23. The SMILES string of the molecule is CCNC(c1ccc(Cl)cn1)c1cc(C)ccc1OC. The first-order chi connectivity index (χ1) is 9.65. The minimum absolute atomic E-state index is 0.00730. The van der Waals surface area contributed by atoms with E-state index in [2.05, 4.69) is 30.2 Å². The zero-order valence-electron chi connectivity index (χ0n) is 12.0. The van der Waals surface area contributed by atoms with Crippen LogP contribution in [0.4, 0.5) is 0 Å². The number of aryl methyl sites for hydroxylation is 1. The molecule has 0 aliphatic heterocycles. The maximum Gasteiger partial charge on any atom is 0.124 e. The first-order valence-corrected chi connectivity index (χ1v) is 7.03. The third kappa shape index (κ3) is 3.30. The lowest BCUT2D eigenvalue weighted by Gasteiger charge is -2.21. The minimum Gasteiger partial charge on any atom is -0.496 e. The molecule has 2 aromatic rings. The average Bonchev–Trinajstić information content (AvgIpc) is 2.46. The van der Waals surface area contributed by atoms with E-state index in [-0.39, 0.29) is 6.04 Å². The molecule has 0 aliphatic carbocycles. The Bertz CT molecular complexity index is 569. The normalized spacial score (nSPS) is 12.2. The smallest absolute Gasteiger partial charge is 0.124 e. The van der Waals surface area contributed by atoms with Gasteiger partial charge < -0.3 is 10.1 Å². The third-order valence-corrected chi connectivity index (χ3v) is 3.37. The summed E-state index contributed by atoms with van der Waals surface area (Å²) in [6.07, 6.45) is 1.67. The Hall–Kier alpha value is -1.58. The Labute approximate surface area is 124 Å². The molecular weight excluding hydrogens is 272 g/mol. The second kappa shape index (κ2) is 6.73. The van der Waals surface area contributed by atoms with Gasteiger partial charge in [0.15, 0.2) is 0 Å². The van der Waals surface area contributed by atoms with E-state index >= 15 is 0 Å². The van der Waals surface area contributed by atoms with Crippen LogP contribution in [0.1, 0.15) is 29.8 Å². The van der Waals surface area contributed by atoms with Crippen LogP contribution in [-0.2, 0) is 0 Å². The fraction of sp³-hybridized carbons (Fsp3) is 0.312. The van der Waals surface area contributed by atoms with Gasteiger partial charge >= 0.3 is 0 Å². The molecule has 0 bridgehead atoms. The maximum absolute atomic E-state index is 5.92. The Kier molecular flexibility index (Phi) is 4.99. The second-order valence-electron chi connectivity index (χ2n) is 4.64. The van der Waals surface area contributed by atoms with Crippen molar-refractivity contribution in [3.63, 3.8) is 0 Å². The minimum atomic E-state index is -0.00730. The quantitative estimate of drug-likeness (QED) is 0.910. The number of hydrogen-bond acceptors (Lipinski definition) is 3. The summed E-state index contributed by atoms with van der Waals surface area (Å²) in [6.45, 7) is 4.98. The van der Waals surface area contributed by atoms with E-state index < -0.39 is 0 Å². The number of pyridine rings is 1. The van der Waals surface area contributed by atoms with Gasteiger partial charge in [0.2, 0.25) is 0 Å². The highest BCUT2D eigenvalue weighted by Crippen LogP contribution is 2.30. The summed E-state index contributed by atoms with van der Waals surface area (Å²) in [4.78, 5) is 4.43. The highest BCUT2D eigenvalue weighted by atomic mass is 35.5. The third-order valence-electron chi connectivity index (χ3n) is 3.15. The number of methoxy groups -OCH3 is 1. The lowest BCUT2D eigenvalue weighted by atomic mass is 9.99. The van der Waals surface area contributed by atoms with Crippen LogP contribution in [0.25, 0.3) is 0 Å². The molecule has 0 radical (unpaired) electrons. The van der Waals surface area contributed by atoms with Crippen molar-refractivity contribution in [3.8, 4) is 5.75 Å². The van der Waals surface area contributed by atoms with E-state index in [0.717, 1.165) is 23.6 Å². The van der Waals surface area contributed by atoms with Crippen LogP contribution in [0.5, 0.6) is 5.75 Å². The summed E-state index contributed by atoms with van der Waals surface area (Å²) in [5, 5.41) is 4.09. The molecule has 1 N–H and O–H groups in total. The Balaban J connectivity index is 2.47. The molecule has 3 nitrogen and oxygen atoms in total. The number of nitrogens with one attached hydrogen (secondary N) is 1. The summed E-state index contributed by atoms with van der Waals surface area (Å²) >= 11 is 5.92. The zero-order chi connectivity index (χ0) is 14.5. The molecule has 0 saturated heterocycles. The van der Waals surface area contributed by atoms with Crippen LogP contribution < -0.4 is 10.1 Å². The molecule has 4 heteroatoms. The van der Waals surface area contributed by atoms with E-state index in [9.17, 15) is 0 Å².